The normalized spacial score (nSPS) is 13.9. The number of benzene rings is 2. The third-order valence-electron chi connectivity index (χ3n) is 2.85. The molecule has 0 aliphatic carbocycles. The lowest BCUT2D eigenvalue weighted by Gasteiger charge is -2.12. The van der Waals surface area contributed by atoms with Crippen molar-refractivity contribution in [2.75, 3.05) is 0 Å². The maximum Gasteiger partial charge on any atom is 0.0201 e. The Morgan fingerprint density at radius 3 is 2.62 bits per heavy atom. The second-order valence-electron chi connectivity index (χ2n) is 3.83. The van der Waals surface area contributed by atoms with Gasteiger partial charge in [0.2, 0.25) is 0 Å². The van der Waals surface area contributed by atoms with Crippen LogP contribution < -0.4 is 10.4 Å². The van der Waals surface area contributed by atoms with Crippen LogP contribution in [0.2, 0.25) is 0 Å². The van der Waals surface area contributed by atoms with Crippen LogP contribution in [0.4, 0.5) is 0 Å². The molecule has 0 spiro atoms. The van der Waals surface area contributed by atoms with Gasteiger partial charge in [0.1, 0.15) is 0 Å². The van der Waals surface area contributed by atoms with Gasteiger partial charge in [0, 0.05) is 9.79 Å². The first-order valence-corrected chi connectivity index (χ1v) is 6.24. The molecule has 0 radical (unpaired) electrons. The van der Waals surface area contributed by atoms with E-state index >= 15 is 0 Å². The molecule has 16 heavy (non-hydrogen) atoms. The minimum atomic E-state index is 1.32. The van der Waals surface area contributed by atoms with Crippen LogP contribution in [-0.4, -0.2) is 0 Å². The lowest BCUT2D eigenvalue weighted by atomic mass is 10.1. The van der Waals surface area contributed by atoms with Crippen LogP contribution in [0.15, 0.2) is 52.3 Å². The molecule has 1 aliphatic heterocycles. The largest absolute Gasteiger partial charge is 0.0888 e. The first-order chi connectivity index (χ1) is 7.88. The summed E-state index contributed by atoms with van der Waals surface area (Å²) in [7, 11) is 0. The van der Waals surface area contributed by atoms with Gasteiger partial charge in [0.05, 0.1) is 0 Å². The Bertz CT molecular complexity index is 653. The van der Waals surface area contributed by atoms with Crippen LogP contribution in [0.1, 0.15) is 12.5 Å². The Labute approximate surface area is 99.3 Å². The zero-order chi connectivity index (χ0) is 11.0. The highest BCUT2D eigenvalue weighted by molar-refractivity contribution is 7.99. The zero-order valence-electron chi connectivity index (χ0n) is 9.10. The SMILES string of the molecule is CC=c1cccc2c1=Cc1ccccc1S2. The summed E-state index contributed by atoms with van der Waals surface area (Å²) in [5.74, 6) is 0. The Morgan fingerprint density at radius 1 is 0.938 bits per heavy atom. The Hall–Kier alpha value is -1.47. The van der Waals surface area contributed by atoms with Crippen molar-refractivity contribution in [3.8, 4) is 0 Å². The van der Waals surface area contributed by atoms with E-state index in [1.807, 2.05) is 11.8 Å². The van der Waals surface area contributed by atoms with E-state index in [9.17, 15) is 0 Å². The minimum Gasteiger partial charge on any atom is -0.0888 e. The van der Waals surface area contributed by atoms with Gasteiger partial charge in [-0.1, -0.05) is 48.2 Å². The van der Waals surface area contributed by atoms with Crippen molar-refractivity contribution < 1.29 is 0 Å². The third-order valence-corrected chi connectivity index (χ3v) is 4.02. The first kappa shape index (κ1) is 9.73. The van der Waals surface area contributed by atoms with Gasteiger partial charge < -0.3 is 0 Å². The van der Waals surface area contributed by atoms with Crippen LogP contribution in [-0.2, 0) is 0 Å². The van der Waals surface area contributed by atoms with Gasteiger partial charge in [-0.25, -0.2) is 0 Å². The first-order valence-electron chi connectivity index (χ1n) is 5.42. The maximum atomic E-state index is 2.29. The molecular weight excluding hydrogens is 212 g/mol. The summed E-state index contributed by atoms with van der Waals surface area (Å²) >= 11 is 1.86. The van der Waals surface area contributed by atoms with Crippen LogP contribution in [0.25, 0.3) is 12.2 Å². The van der Waals surface area contributed by atoms with E-state index in [-0.39, 0.29) is 0 Å². The van der Waals surface area contributed by atoms with E-state index < -0.39 is 0 Å². The third kappa shape index (κ3) is 1.48. The van der Waals surface area contributed by atoms with Crippen molar-refractivity contribution in [2.24, 2.45) is 0 Å². The van der Waals surface area contributed by atoms with Crippen molar-refractivity contribution in [3.63, 3.8) is 0 Å². The molecule has 1 heterocycles. The number of hydrogen-bond acceptors (Lipinski definition) is 1. The molecule has 0 amide bonds. The van der Waals surface area contributed by atoms with Crippen molar-refractivity contribution >= 4 is 23.9 Å². The molecule has 0 unspecified atom stereocenters. The highest BCUT2D eigenvalue weighted by Gasteiger charge is 2.08. The maximum absolute atomic E-state index is 2.29. The molecule has 0 saturated carbocycles. The van der Waals surface area contributed by atoms with Gasteiger partial charge in [-0.05, 0) is 41.1 Å². The molecule has 3 rings (SSSR count). The average Bonchev–Trinajstić information content (AvgIpc) is 2.35. The van der Waals surface area contributed by atoms with E-state index in [1.54, 1.807) is 0 Å². The van der Waals surface area contributed by atoms with Gasteiger partial charge in [-0.2, -0.15) is 0 Å². The van der Waals surface area contributed by atoms with Crippen molar-refractivity contribution in [3.05, 3.63) is 58.5 Å². The molecule has 1 aliphatic rings. The van der Waals surface area contributed by atoms with E-state index in [0.29, 0.717) is 0 Å². The highest BCUT2D eigenvalue weighted by atomic mass is 32.2. The highest BCUT2D eigenvalue weighted by Crippen LogP contribution is 2.31. The molecule has 0 N–H and O–H groups in total. The number of hydrogen-bond donors (Lipinski definition) is 0. The molecule has 0 bridgehead atoms. The van der Waals surface area contributed by atoms with E-state index in [4.69, 9.17) is 0 Å². The fraction of sp³-hybridized carbons (Fsp3) is 0.0667. The Morgan fingerprint density at radius 2 is 1.75 bits per heavy atom. The molecule has 0 aromatic heterocycles. The average molecular weight is 224 g/mol. The van der Waals surface area contributed by atoms with Crippen molar-refractivity contribution in [1.29, 1.82) is 0 Å². The molecule has 0 fully saturated rings. The lowest BCUT2D eigenvalue weighted by molar-refractivity contribution is 1.27. The molecule has 78 valence electrons. The quantitative estimate of drug-likeness (QED) is 0.566. The summed E-state index contributed by atoms with van der Waals surface area (Å²) < 4.78 is 0. The Kier molecular flexibility index (Phi) is 2.33. The van der Waals surface area contributed by atoms with Gasteiger partial charge >= 0.3 is 0 Å². The second kappa shape index (κ2) is 3.84. The molecule has 0 saturated heterocycles. The summed E-state index contributed by atoms with van der Waals surface area (Å²) in [5, 5.41) is 2.67. The van der Waals surface area contributed by atoms with Gasteiger partial charge in [-0.3, -0.25) is 0 Å². The summed E-state index contributed by atoms with van der Waals surface area (Å²) in [6, 6.07) is 15.0. The van der Waals surface area contributed by atoms with E-state index in [2.05, 4.69) is 61.5 Å². The van der Waals surface area contributed by atoms with Gasteiger partial charge in [-0.15, -0.1) is 0 Å². The van der Waals surface area contributed by atoms with Gasteiger partial charge in [0.15, 0.2) is 0 Å². The minimum absolute atomic E-state index is 1.32. The summed E-state index contributed by atoms with van der Waals surface area (Å²) in [6.45, 7) is 2.09. The number of rotatable bonds is 0. The smallest absolute Gasteiger partial charge is 0.0201 e. The summed E-state index contributed by atoms with van der Waals surface area (Å²) in [6.07, 6.45) is 4.46. The molecule has 0 nitrogen and oxygen atoms in total. The van der Waals surface area contributed by atoms with Crippen LogP contribution >= 0.6 is 11.8 Å². The molecular formula is C15H12S. The molecule has 2 aromatic carbocycles. The fourth-order valence-corrected chi connectivity index (χ4v) is 3.08. The van der Waals surface area contributed by atoms with Gasteiger partial charge in [0.25, 0.3) is 0 Å². The summed E-state index contributed by atoms with van der Waals surface area (Å²) in [5.41, 5.74) is 1.33. The molecule has 0 atom stereocenters. The topological polar surface area (TPSA) is 0 Å². The predicted molar refractivity (Wildman–Crippen MR) is 70.0 cm³/mol. The lowest BCUT2D eigenvalue weighted by Crippen LogP contribution is -2.27. The monoisotopic (exact) mass is 224 g/mol. The Balaban J connectivity index is 2.40. The second-order valence-corrected chi connectivity index (χ2v) is 4.92. The van der Waals surface area contributed by atoms with Crippen LogP contribution in [0, 0.1) is 0 Å². The van der Waals surface area contributed by atoms with Crippen LogP contribution in [0.3, 0.4) is 0 Å². The fourth-order valence-electron chi connectivity index (χ4n) is 2.02. The van der Waals surface area contributed by atoms with Crippen molar-refractivity contribution in [1.82, 2.24) is 0 Å². The van der Waals surface area contributed by atoms with E-state index in [1.165, 1.54) is 25.8 Å². The molecule has 1 heteroatoms. The standard InChI is InChI=1S/C15H12S/c1-2-11-7-5-9-15-13(11)10-12-6-3-4-8-14(12)16-15/h2-10H,1H3. The zero-order valence-corrected chi connectivity index (χ0v) is 9.92. The van der Waals surface area contributed by atoms with Crippen LogP contribution in [0.5, 0.6) is 0 Å². The number of fused-ring (bicyclic) bond motifs is 2. The summed E-state index contributed by atoms with van der Waals surface area (Å²) in [4.78, 5) is 2.71. The van der Waals surface area contributed by atoms with E-state index in [0.717, 1.165) is 0 Å². The predicted octanol–water partition coefficient (Wildman–Crippen LogP) is 2.78. The molecule has 2 aromatic rings. The van der Waals surface area contributed by atoms with Crippen molar-refractivity contribution in [2.45, 2.75) is 16.7 Å².